The van der Waals surface area contributed by atoms with Crippen molar-refractivity contribution >= 4 is 22.9 Å². The van der Waals surface area contributed by atoms with E-state index in [9.17, 15) is 0 Å². The monoisotopic (exact) mass is 228 g/mol. The smallest absolute Gasteiger partial charge is 0.196 e. The lowest BCUT2D eigenvalue weighted by molar-refractivity contribution is 0.515. The Bertz CT molecular complexity index is 424. The number of aromatic nitrogens is 2. The van der Waals surface area contributed by atoms with Crippen LogP contribution in [0.5, 0.6) is 0 Å². The van der Waals surface area contributed by atoms with Crippen molar-refractivity contribution in [3.05, 3.63) is 23.3 Å². The number of halogens is 1. The molecule has 0 aliphatic rings. The number of nitrogens with zero attached hydrogens (tertiary/aromatic N) is 2. The van der Waals surface area contributed by atoms with Gasteiger partial charge in [-0.15, -0.1) is 22.9 Å². The molecule has 2 aromatic heterocycles. The fraction of sp³-hybridized carbons (Fsp3) is 0.333. The highest BCUT2D eigenvalue weighted by molar-refractivity contribution is 7.13. The average molecular weight is 229 g/mol. The molecular weight excluding hydrogens is 220 g/mol. The van der Waals surface area contributed by atoms with Crippen LogP contribution in [0.15, 0.2) is 16.1 Å². The quantitative estimate of drug-likeness (QED) is 0.759. The number of alkyl halides is 1. The van der Waals surface area contributed by atoms with Gasteiger partial charge in [-0.05, 0) is 6.92 Å². The maximum Gasteiger partial charge on any atom is 0.196 e. The minimum Gasteiger partial charge on any atom is -0.440 e. The van der Waals surface area contributed by atoms with Gasteiger partial charge < -0.3 is 4.42 Å². The third-order valence-corrected chi connectivity index (χ3v) is 2.96. The summed E-state index contributed by atoms with van der Waals surface area (Å²) in [4.78, 5) is 9.32. The van der Waals surface area contributed by atoms with Crippen molar-refractivity contribution in [2.24, 2.45) is 0 Å². The Kier molecular flexibility index (Phi) is 2.84. The van der Waals surface area contributed by atoms with Crippen molar-refractivity contribution in [1.29, 1.82) is 0 Å². The topological polar surface area (TPSA) is 38.9 Å². The van der Waals surface area contributed by atoms with Gasteiger partial charge in [0.1, 0.15) is 0 Å². The summed E-state index contributed by atoms with van der Waals surface area (Å²) in [5.74, 6) is 2.00. The molecule has 0 saturated heterocycles. The van der Waals surface area contributed by atoms with Crippen molar-refractivity contribution in [1.82, 2.24) is 9.97 Å². The Morgan fingerprint density at radius 2 is 2.36 bits per heavy atom. The number of aryl methyl sites for hydroxylation is 2. The van der Waals surface area contributed by atoms with Gasteiger partial charge in [0.05, 0.1) is 22.3 Å². The second-order valence-corrected chi connectivity index (χ2v) is 4.06. The van der Waals surface area contributed by atoms with Crippen LogP contribution >= 0.6 is 22.9 Å². The van der Waals surface area contributed by atoms with Crippen molar-refractivity contribution in [3.63, 3.8) is 0 Å². The van der Waals surface area contributed by atoms with E-state index in [1.165, 1.54) is 0 Å². The summed E-state index contributed by atoms with van der Waals surface area (Å²) in [7, 11) is 0. The highest BCUT2D eigenvalue weighted by atomic mass is 35.5. The molecule has 0 unspecified atom stereocenters. The summed E-state index contributed by atoms with van der Waals surface area (Å²) in [5.41, 5.74) is 2.78. The molecule has 3 nitrogen and oxygen atoms in total. The van der Waals surface area contributed by atoms with Gasteiger partial charge in [0.2, 0.25) is 0 Å². The first kappa shape index (κ1) is 9.68. The lowest BCUT2D eigenvalue weighted by Gasteiger charge is -1.91. The van der Waals surface area contributed by atoms with Gasteiger partial charge in [-0.3, -0.25) is 0 Å². The van der Waals surface area contributed by atoms with Gasteiger partial charge >= 0.3 is 0 Å². The zero-order valence-electron chi connectivity index (χ0n) is 7.66. The van der Waals surface area contributed by atoms with E-state index >= 15 is 0 Å². The molecular formula is C9H9ClN2OS. The molecule has 0 saturated carbocycles. The predicted octanol–water partition coefficient (Wildman–Crippen LogP) is 2.89. The van der Waals surface area contributed by atoms with Crippen molar-refractivity contribution in [2.45, 2.75) is 13.3 Å². The molecule has 2 aromatic rings. The van der Waals surface area contributed by atoms with Gasteiger partial charge in [-0.1, -0.05) is 0 Å². The summed E-state index contributed by atoms with van der Waals surface area (Å²) in [6, 6.07) is 0. The van der Waals surface area contributed by atoms with Gasteiger partial charge in [0.25, 0.3) is 0 Å². The first-order chi connectivity index (χ1) is 6.81. The molecule has 0 aliphatic heterocycles. The Balaban J connectivity index is 2.29. The molecule has 0 fully saturated rings. The normalized spacial score (nSPS) is 10.7. The molecule has 0 spiro atoms. The van der Waals surface area contributed by atoms with Crippen LogP contribution in [0.4, 0.5) is 0 Å². The fourth-order valence-corrected chi connectivity index (χ4v) is 2.06. The molecule has 0 aromatic carbocycles. The minimum atomic E-state index is 0.529. The van der Waals surface area contributed by atoms with Gasteiger partial charge in [0.15, 0.2) is 11.7 Å². The van der Waals surface area contributed by atoms with E-state index in [1.807, 2.05) is 6.92 Å². The molecule has 0 atom stereocenters. The zero-order chi connectivity index (χ0) is 9.97. The van der Waals surface area contributed by atoms with E-state index in [0.29, 0.717) is 18.2 Å². The standard InChI is InChI=1S/C9H9ClN2OS/c1-6-9(14-5-12-6)7-4-11-8(13-7)2-3-10/h4-5H,2-3H2,1H3. The SMILES string of the molecule is Cc1ncsc1-c1cnc(CCCl)o1. The lowest BCUT2D eigenvalue weighted by atomic mass is 10.3. The molecule has 0 aliphatic carbocycles. The van der Waals surface area contributed by atoms with Gasteiger partial charge in [-0.2, -0.15) is 0 Å². The Morgan fingerprint density at radius 3 is 3.00 bits per heavy atom. The molecule has 2 heterocycles. The summed E-state index contributed by atoms with van der Waals surface area (Å²) in [5, 5.41) is 0. The summed E-state index contributed by atoms with van der Waals surface area (Å²) < 4.78 is 5.52. The fourth-order valence-electron chi connectivity index (χ4n) is 1.15. The number of rotatable bonds is 3. The van der Waals surface area contributed by atoms with Crippen molar-refractivity contribution in [2.75, 3.05) is 5.88 Å². The van der Waals surface area contributed by atoms with Crippen molar-refractivity contribution in [3.8, 4) is 10.6 Å². The Labute approximate surface area is 90.8 Å². The Morgan fingerprint density at radius 1 is 1.50 bits per heavy atom. The summed E-state index contributed by atoms with van der Waals surface area (Å²) in [6.45, 7) is 1.95. The van der Waals surface area contributed by atoms with E-state index < -0.39 is 0 Å². The zero-order valence-corrected chi connectivity index (χ0v) is 9.23. The Hall–Kier alpha value is -0.870. The average Bonchev–Trinajstić information content (AvgIpc) is 2.74. The third kappa shape index (κ3) is 1.81. The molecule has 2 rings (SSSR count). The van der Waals surface area contributed by atoms with E-state index in [4.69, 9.17) is 16.0 Å². The molecule has 74 valence electrons. The van der Waals surface area contributed by atoms with Crippen LogP contribution in [0.3, 0.4) is 0 Å². The second kappa shape index (κ2) is 4.11. The predicted molar refractivity (Wildman–Crippen MR) is 56.8 cm³/mol. The number of hydrogen-bond acceptors (Lipinski definition) is 4. The van der Waals surface area contributed by atoms with Crippen LogP contribution in [0.25, 0.3) is 10.6 Å². The van der Waals surface area contributed by atoms with Crippen LogP contribution < -0.4 is 0 Å². The molecule has 14 heavy (non-hydrogen) atoms. The van der Waals surface area contributed by atoms with E-state index in [0.717, 1.165) is 16.3 Å². The second-order valence-electron chi connectivity index (χ2n) is 2.82. The maximum atomic E-state index is 5.59. The first-order valence-electron chi connectivity index (χ1n) is 4.22. The molecule has 0 N–H and O–H groups in total. The van der Waals surface area contributed by atoms with Crippen LogP contribution in [-0.2, 0) is 6.42 Å². The minimum absolute atomic E-state index is 0.529. The molecule has 0 radical (unpaired) electrons. The van der Waals surface area contributed by atoms with Crippen LogP contribution in [-0.4, -0.2) is 15.8 Å². The highest BCUT2D eigenvalue weighted by Gasteiger charge is 2.10. The van der Waals surface area contributed by atoms with Crippen molar-refractivity contribution < 1.29 is 4.42 Å². The van der Waals surface area contributed by atoms with Gasteiger partial charge in [0, 0.05) is 12.3 Å². The first-order valence-corrected chi connectivity index (χ1v) is 5.64. The maximum absolute atomic E-state index is 5.59. The third-order valence-electron chi connectivity index (χ3n) is 1.83. The largest absolute Gasteiger partial charge is 0.440 e. The summed E-state index contributed by atoms with van der Waals surface area (Å²) in [6.07, 6.45) is 2.39. The number of hydrogen-bond donors (Lipinski definition) is 0. The molecule has 5 heteroatoms. The van der Waals surface area contributed by atoms with Gasteiger partial charge in [-0.25, -0.2) is 9.97 Å². The molecule has 0 amide bonds. The summed E-state index contributed by atoms with van der Waals surface area (Å²) >= 11 is 7.15. The highest BCUT2D eigenvalue weighted by Crippen LogP contribution is 2.27. The van der Waals surface area contributed by atoms with E-state index in [1.54, 1.807) is 23.0 Å². The van der Waals surface area contributed by atoms with Crippen LogP contribution in [0.2, 0.25) is 0 Å². The van der Waals surface area contributed by atoms with E-state index in [2.05, 4.69) is 9.97 Å². The molecule has 0 bridgehead atoms. The van der Waals surface area contributed by atoms with E-state index in [-0.39, 0.29) is 0 Å². The number of thiazole rings is 1. The lowest BCUT2D eigenvalue weighted by Crippen LogP contribution is -1.83. The van der Waals surface area contributed by atoms with Crippen LogP contribution in [0, 0.1) is 6.92 Å². The number of oxazole rings is 1. The van der Waals surface area contributed by atoms with Crippen LogP contribution in [0.1, 0.15) is 11.6 Å².